The molecule has 1 heterocycles. The number of hydrogen-bond donors (Lipinski definition) is 2. The highest BCUT2D eigenvalue weighted by Gasteiger charge is 2.10. The lowest BCUT2D eigenvalue weighted by molar-refractivity contribution is -0.115. The molecule has 0 aliphatic heterocycles. The molecule has 0 saturated carbocycles. The van der Waals surface area contributed by atoms with Crippen LogP contribution >= 0.6 is 11.3 Å². The van der Waals surface area contributed by atoms with Crippen LogP contribution in [0.3, 0.4) is 0 Å². The summed E-state index contributed by atoms with van der Waals surface area (Å²) >= 11 is 1.49. The van der Waals surface area contributed by atoms with E-state index in [1.54, 1.807) is 0 Å². The minimum atomic E-state index is -0.0497. The Morgan fingerprint density at radius 1 is 1.37 bits per heavy atom. The Hall–Kier alpha value is -1.72. The summed E-state index contributed by atoms with van der Waals surface area (Å²) in [6, 6.07) is 5.95. The third-order valence-corrected chi connectivity index (χ3v) is 3.78. The fourth-order valence-corrected chi connectivity index (χ4v) is 2.56. The lowest BCUT2D eigenvalue weighted by atomic mass is 10.1. The van der Waals surface area contributed by atoms with Crippen molar-refractivity contribution >= 4 is 22.9 Å². The first-order valence-electron chi connectivity index (χ1n) is 6.09. The number of aromatic nitrogens is 1. The maximum Gasteiger partial charge on any atom is 0.230 e. The zero-order valence-corrected chi connectivity index (χ0v) is 11.9. The molecular formula is C14H17N3OS. The van der Waals surface area contributed by atoms with Crippen LogP contribution in [0, 0.1) is 13.8 Å². The number of amides is 1. The van der Waals surface area contributed by atoms with Gasteiger partial charge in [-0.05, 0) is 25.0 Å². The van der Waals surface area contributed by atoms with Crippen LogP contribution < -0.4 is 11.1 Å². The van der Waals surface area contributed by atoms with Gasteiger partial charge in [-0.2, -0.15) is 0 Å². The number of nitrogens with two attached hydrogens (primary N) is 1. The lowest BCUT2D eigenvalue weighted by Gasteiger charge is -2.10. The van der Waals surface area contributed by atoms with Gasteiger partial charge in [-0.15, -0.1) is 11.3 Å². The van der Waals surface area contributed by atoms with Crippen LogP contribution in [-0.4, -0.2) is 10.9 Å². The van der Waals surface area contributed by atoms with Crippen molar-refractivity contribution in [2.75, 3.05) is 5.32 Å². The predicted octanol–water partition coefficient (Wildman–Crippen LogP) is 2.40. The molecule has 0 fully saturated rings. The van der Waals surface area contributed by atoms with E-state index >= 15 is 0 Å². The second-order valence-corrected chi connectivity index (χ2v) is 5.37. The number of rotatable bonds is 4. The molecule has 0 aliphatic carbocycles. The number of hydrogen-bond acceptors (Lipinski definition) is 4. The van der Waals surface area contributed by atoms with Gasteiger partial charge in [0.25, 0.3) is 0 Å². The van der Waals surface area contributed by atoms with Crippen molar-refractivity contribution in [2.45, 2.75) is 26.8 Å². The summed E-state index contributed by atoms with van der Waals surface area (Å²) in [5, 5.41) is 5.69. The van der Waals surface area contributed by atoms with Gasteiger partial charge in [0.05, 0.1) is 12.1 Å². The standard InChI is InChI=1S/C14H17N3OS/c1-9-4-3-5-10(2)14(9)17-12(18)6-11-8-19-13(7-15)16-11/h3-5,8H,6-7,15H2,1-2H3,(H,17,18). The summed E-state index contributed by atoms with van der Waals surface area (Å²) in [7, 11) is 0. The van der Waals surface area contributed by atoms with Crippen molar-refractivity contribution in [2.24, 2.45) is 5.73 Å². The third kappa shape index (κ3) is 3.39. The summed E-state index contributed by atoms with van der Waals surface area (Å²) in [5.74, 6) is -0.0497. The quantitative estimate of drug-likeness (QED) is 0.900. The summed E-state index contributed by atoms with van der Waals surface area (Å²) in [4.78, 5) is 16.3. The zero-order valence-electron chi connectivity index (χ0n) is 11.1. The number of nitrogens with one attached hydrogen (secondary N) is 1. The van der Waals surface area contributed by atoms with Gasteiger partial charge in [-0.3, -0.25) is 4.79 Å². The van der Waals surface area contributed by atoms with Crippen LogP contribution in [0.4, 0.5) is 5.69 Å². The second-order valence-electron chi connectivity index (χ2n) is 4.43. The minimum Gasteiger partial charge on any atom is -0.325 e. The Kier molecular flexibility index (Phi) is 4.29. The average Bonchev–Trinajstić information content (AvgIpc) is 2.81. The summed E-state index contributed by atoms with van der Waals surface area (Å²) in [5.41, 5.74) is 9.30. The maximum atomic E-state index is 12.0. The Morgan fingerprint density at radius 2 is 2.05 bits per heavy atom. The van der Waals surface area contributed by atoms with Crippen LogP contribution in [0.5, 0.6) is 0 Å². The second kappa shape index (κ2) is 5.95. The van der Waals surface area contributed by atoms with Crippen molar-refractivity contribution in [1.29, 1.82) is 0 Å². The molecule has 5 heteroatoms. The fourth-order valence-electron chi connectivity index (χ4n) is 1.88. The molecule has 2 rings (SSSR count). The highest BCUT2D eigenvalue weighted by molar-refractivity contribution is 7.09. The van der Waals surface area contributed by atoms with Gasteiger partial charge in [-0.25, -0.2) is 4.98 Å². The molecule has 19 heavy (non-hydrogen) atoms. The van der Waals surface area contributed by atoms with Crippen LogP contribution in [-0.2, 0) is 17.8 Å². The van der Waals surface area contributed by atoms with E-state index in [4.69, 9.17) is 5.73 Å². The molecule has 2 aromatic rings. The predicted molar refractivity (Wildman–Crippen MR) is 78.3 cm³/mol. The molecule has 0 bridgehead atoms. The van der Waals surface area contributed by atoms with E-state index in [9.17, 15) is 4.79 Å². The van der Waals surface area contributed by atoms with Gasteiger partial charge in [0.2, 0.25) is 5.91 Å². The SMILES string of the molecule is Cc1cccc(C)c1NC(=O)Cc1csc(CN)n1. The molecule has 0 unspecified atom stereocenters. The summed E-state index contributed by atoms with van der Waals surface area (Å²) in [6.45, 7) is 4.39. The maximum absolute atomic E-state index is 12.0. The van der Waals surface area contributed by atoms with Gasteiger partial charge < -0.3 is 11.1 Å². The van der Waals surface area contributed by atoms with Crippen LogP contribution in [0.15, 0.2) is 23.6 Å². The topological polar surface area (TPSA) is 68.0 Å². The smallest absolute Gasteiger partial charge is 0.230 e. The number of thiazole rings is 1. The Bertz CT molecular complexity index is 572. The molecule has 0 spiro atoms. The third-order valence-electron chi connectivity index (χ3n) is 2.86. The molecule has 0 atom stereocenters. The monoisotopic (exact) mass is 275 g/mol. The number of carbonyl (C=O) groups is 1. The molecule has 4 nitrogen and oxygen atoms in total. The first-order valence-corrected chi connectivity index (χ1v) is 6.97. The number of aryl methyl sites for hydroxylation is 2. The molecular weight excluding hydrogens is 258 g/mol. The molecule has 1 amide bonds. The Morgan fingerprint density at radius 3 is 2.63 bits per heavy atom. The van der Waals surface area contributed by atoms with Gasteiger partial charge >= 0.3 is 0 Å². The molecule has 0 aliphatic rings. The number of benzene rings is 1. The Balaban J connectivity index is 2.05. The largest absolute Gasteiger partial charge is 0.325 e. The number of carbonyl (C=O) groups excluding carboxylic acids is 1. The molecule has 0 saturated heterocycles. The van der Waals surface area contributed by atoms with E-state index in [1.165, 1.54) is 11.3 Å². The van der Waals surface area contributed by atoms with E-state index in [0.29, 0.717) is 6.54 Å². The van der Waals surface area contributed by atoms with Crippen molar-refractivity contribution in [3.05, 3.63) is 45.4 Å². The van der Waals surface area contributed by atoms with Gasteiger partial charge in [0.15, 0.2) is 0 Å². The van der Waals surface area contributed by atoms with Gasteiger partial charge in [-0.1, -0.05) is 18.2 Å². The van der Waals surface area contributed by atoms with E-state index in [2.05, 4.69) is 10.3 Å². The lowest BCUT2D eigenvalue weighted by Crippen LogP contribution is -2.16. The van der Waals surface area contributed by atoms with E-state index in [-0.39, 0.29) is 12.3 Å². The number of para-hydroxylation sites is 1. The zero-order chi connectivity index (χ0) is 13.8. The number of anilines is 1. The van der Waals surface area contributed by atoms with Gasteiger partial charge in [0, 0.05) is 17.6 Å². The highest BCUT2D eigenvalue weighted by atomic mass is 32.1. The summed E-state index contributed by atoms with van der Waals surface area (Å²) in [6.07, 6.45) is 0.282. The first-order chi connectivity index (χ1) is 9.10. The summed E-state index contributed by atoms with van der Waals surface area (Å²) < 4.78 is 0. The van der Waals surface area contributed by atoms with Crippen LogP contribution in [0.25, 0.3) is 0 Å². The first kappa shape index (κ1) is 13.7. The van der Waals surface area contributed by atoms with Crippen LogP contribution in [0.1, 0.15) is 21.8 Å². The van der Waals surface area contributed by atoms with Gasteiger partial charge in [0.1, 0.15) is 5.01 Å². The van der Waals surface area contributed by atoms with Crippen LogP contribution in [0.2, 0.25) is 0 Å². The molecule has 100 valence electrons. The molecule has 3 N–H and O–H groups in total. The highest BCUT2D eigenvalue weighted by Crippen LogP contribution is 2.19. The number of nitrogens with zero attached hydrogens (tertiary/aromatic N) is 1. The molecule has 1 aromatic heterocycles. The fraction of sp³-hybridized carbons (Fsp3) is 0.286. The molecule has 1 aromatic carbocycles. The van der Waals surface area contributed by atoms with E-state index < -0.39 is 0 Å². The average molecular weight is 275 g/mol. The van der Waals surface area contributed by atoms with Crippen molar-refractivity contribution in [1.82, 2.24) is 4.98 Å². The minimum absolute atomic E-state index is 0.0497. The Labute approximate surface area is 116 Å². The van der Waals surface area contributed by atoms with Crippen molar-refractivity contribution < 1.29 is 4.79 Å². The van der Waals surface area contributed by atoms with E-state index in [1.807, 2.05) is 37.4 Å². The van der Waals surface area contributed by atoms with Crippen molar-refractivity contribution in [3.8, 4) is 0 Å². The van der Waals surface area contributed by atoms with E-state index in [0.717, 1.165) is 27.5 Å². The molecule has 0 radical (unpaired) electrons. The normalized spacial score (nSPS) is 10.5. The van der Waals surface area contributed by atoms with Crippen molar-refractivity contribution in [3.63, 3.8) is 0 Å².